The minimum atomic E-state index is 0.0614. The first-order chi connectivity index (χ1) is 10.2. The number of nitrogens with zero attached hydrogens (tertiary/aromatic N) is 1. The molecule has 0 spiro atoms. The lowest BCUT2D eigenvalue weighted by Crippen LogP contribution is -2.47. The third kappa shape index (κ3) is 4.72. The average Bonchev–Trinajstić information content (AvgIpc) is 2.53. The Morgan fingerprint density at radius 3 is 2.57 bits per heavy atom. The van der Waals surface area contributed by atoms with Crippen molar-refractivity contribution in [3.05, 3.63) is 29.8 Å². The second-order valence-corrected chi connectivity index (χ2v) is 5.33. The van der Waals surface area contributed by atoms with Gasteiger partial charge in [-0.3, -0.25) is 9.69 Å². The van der Waals surface area contributed by atoms with Gasteiger partial charge in [0.25, 0.3) is 0 Å². The van der Waals surface area contributed by atoms with Crippen LogP contribution < -0.4 is 15.4 Å². The SMILES string of the molecule is CCC(NC(=O)CN1CCNCC1)c1ccc(OC)cc1. The summed E-state index contributed by atoms with van der Waals surface area (Å²) in [5, 5.41) is 6.42. The van der Waals surface area contributed by atoms with Crippen molar-refractivity contribution in [2.75, 3.05) is 39.8 Å². The van der Waals surface area contributed by atoms with Crippen LogP contribution in [0.4, 0.5) is 0 Å². The van der Waals surface area contributed by atoms with E-state index < -0.39 is 0 Å². The lowest BCUT2D eigenvalue weighted by molar-refractivity contribution is -0.123. The maximum absolute atomic E-state index is 12.2. The summed E-state index contributed by atoms with van der Waals surface area (Å²) < 4.78 is 5.16. The van der Waals surface area contributed by atoms with Gasteiger partial charge in [-0.25, -0.2) is 0 Å². The minimum absolute atomic E-state index is 0.0614. The Bertz CT molecular complexity index is 441. The summed E-state index contributed by atoms with van der Waals surface area (Å²) in [7, 11) is 1.65. The van der Waals surface area contributed by atoms with Gasteiger partial charge in [-0.1, -0.05) is 19.1 Å². The van der Waals surface area contributed by atoms with E-state index in [4.69, 9.17) is 4.74 Å². The van der Waals surface area contributed by atoms with E-state index in [1.54, 1.807) is 7.11 Å². The molecule has 1 amide bonds. The maximum Gasteiger partial charge on any atom is 0.234 e. The molecule has 5 nitrogen and oxygen atoms in total. The Morgan fingerprint density at radius 1 is 1.33 bits per heavy atom. The molecule has 2 N–H and O–H groups in total. The highest BCUT2D eigenvalue weighted by molar-refractivity contribution is 5.78. The number of hydrogen-bond donors (Lipinski definition) is 2. The van der Waals surface area contributed by atoms with E-state index in [2.05, 4.69) is 22.5 Å². The van der Waals surface area contributed by atoms with Crippen LogP contribution in [-0.4, -0.2) is 50.6 Å². The molecule has 116 valence electrons. The Balaban J connectivity index is 1.89. The molecule has 0 bridgehead atoms. The third-order valence-electron chi connectivity index (χ3n) is 3.84. The molecule has 0 aliphatic carbocycles. The number of piperazine rings is 1. The number of amides is 1. The molecule has 1 aromatic carbocycles. The summed E-state index contributed by atoms with van der Waals surface area (Å²) in [5.41, 5.74) is 1.12. The van der Waals surface area contributed by atoms with Crippen LogP contribution in [0.5, 0.6) is 5.75 Å². The van der Waals surface area contributed by atoms with Crippen molar-refractivity contribution in [2.45, 2.75) is 19.4 Å². The van der Waals surface area contributed by atoms with Gasteiger partial charge in [0.2, 0.25) is 5.91 Å². The zero-order valence-corrected chi connectivity index (χ0v) is 12.9. The number of methoxy groups -OCH3 is 1. The third-order valence-corrected chi connectivity index (χ3v) is 3.84. The van der Waals surface area contributed by atoms with E-state index >= 15 is 0 Å². The molecule has 1 aliphatic rings. The highest BCUT2D eigenvalue weighted by atomic mass is 16.5. The van der Waals surface area contributed by atoms with Crippen LogP contribution in [0.15, 0.2) is 24.3 Å². The van der Waals surface area contributed by atoms with E-state index in [1.807, 2.05) is 24.3 Å². The van der Waals surface area contributed by atoms with E-state index in [9.17, 15) is 4.79 Å². The van der Waals surface area contributed by atoms with Gasteiger partial charge in [-0.05, 0) is 24.1 Å². The van der Waals surface area contributed by atoms with Gasteiger partial charge in [-0.15, -0.1) is 0 Å². The number of ether oxygens (including phenoxy) is 1. The fourth-order valence-electron chi connectivity index (χ4n) is 2.57. The van der Waals surface area contributed by atoms with Gasteiger partial charge in [-0.2, -0.15) is 0 Å². The fourth-order valence-corrected chi connectivity index (χ4v) is 2.57. The van der Waals surface area contributed by atoms with E-state index in [1.165, 1.54) is 0 Å². The molecule has 0 aromatic heterocycles. The molecular weight excluding hydrogens is 266 g/mol. The van der Waals surface area contributed by atoms with E-state index in [-0.39, 0.29) is 11.9 Å². The van der Waals surface area contributed by atoms with Gasteiger partial charge >= 0.3 is 0 Å². The standard InChI is InChI=1S/C16H25N3O2/c1-3-15(13-4-6-14(21-2)7-5-13)18-16(20)12-19-10-8-17-9-11-19/h4-7,15,17H,3,8-12H2,1-2H3,(H,18,20). The van der Waals surface area contributed by atoms with Crippen LogP contribution in [0, 0.1) is 0 Å². The Morgan fingerprint density at radius 2 is 2.00 bits per heavy atom. The first-order valence-electron chi connectivity index (χ1n) is 7.59. The van der Waals surface area contributed by atoms with Gasteiger partial charge in [0.15, 0.2) is 0 Å². The average molecular weight is 291 g/mol. The second kappa shape index (κ2) is 8.00. The summed E-state index contributed by atoms with van der Waals surface area (Å²) in [6.07, 6.45) is 0.875. The molecule has 0 radical (unpaired) electrons. The predicted octanol–water partition coefficient (Wildman–Crippen LogP) is 1.17. The van der Waals surface area contributed by atoms with Gasteiger partial charge in [0.05, 0.1) is 19.7 Å². The molecule has 1 saturated heterocycles. The molecule has 1 heterocycles. The Hall–Kier alpha value is -1.59. The minimum Gasteiger partial charge on any atom is -0.497 e. The Labute approximate surface area is 126 Å². The fraction of sp³-hybridized carbons (Fsp3) is 0.562. The van der Waals surface area contributed by atoms with Crippen LogP contribution in [0.3, 0.4) is 0 Å². The molecule has 21 heavy (non-hydrogen) atoms. The van der Waals surface area contributed by atoms with Crippen LogP contribution >= 0.6 is 0 Å². The van der Waals surface area contributed by atoms with E-state index in [0.29, 0.717) is 6.54 Å². The molecule has 1 unspecified atom stereocenters. The molecular formula is C16H25N3O2. The molecule has 1 atom stereocenters. The zero-order valence-electron chi connectivity index (χ0n) is 12.9. The quantitative estimate of drug-likeness (QED) is 0.826. The molecule has 1 fully saturated rings. The number of rotatable bonds is 6. The van der Waals surface area contributed by atoms with Crippen molar-refractivity contribution in [3.8, 4) is 5.75 Å². The molecule has 5 heteroatoms. The zero-order chi connectivity index (χ0) is 15.1. The summed E-state index contributed by atoms with van der Waals surface area (Å²) in [4.78, 5) is 14.4. The number of nitrogens with one attached hydrogen (secondary N) is 2. The summed E-state index contributed by atoms with van der Waals surface area (Å²) in [5.74, 6) is 0.931. The van der Waals surface area contributed by atoms with Crippen molar-refractivity contribution >= 4 is 5.91 Å². The summed E-state index contributed by atoms with van der Waals surface area (Å²) in [6.45, 7) is 6.36. The predicted molar refractivity (Wildman–Crippen MR) is 83.5 cm³/mol. The number of benzene rings is 1. The number of carbonyl (C=O) groups is 1. The first kappa shape index (κ1) is 15.8. The van der Waals surface area contributed by atoms with Crippen LogP contribution in [0.25, 0.3) is 0 Å². The van der Waals surface area contributed by atoms with Crippen molar-refractivity contribution < 1.29 is 9.53 Å². The van der Waals surface area contributed by atoms with Crippen LogP contribution in [0.2, 0.25) is 0 Å². The largest absolute Gasteiger partial charge is 0.497 e. The molecule has 2 rings (SSSR count). The highest BCUT2D eigenvalue weighted by Gasteiger charge is 2.17. The van der Waals surface area contributed by atoms with Crippen molar-refractivity contribution in [1.82, 2.24) is 15.5 Å². The smallest absolute Gasteiger partial charge is 0.234 e. The summed E-state index contributed by atoms with van der Waals surface area (Å²) >= 11 is 0. The number of carbonyl (C=O) groups excluding carboxylic acids is 1. The van der Waals surface area contributed by atoms with Gasteiger partial charge in [0, 0.05) is 26.2 Å². The molecule has 1 aliphatic heterocycles. The van der Waals surface area contributed by atoms with Crippen molar-refractivity contribution in [1.29, 1.82) is 0 Å². The van der Waals surface area contributed by atoms with Crippen molar-refractivity contribution in [2.24, 2.45) is 0 Å². The van der Waals surface area contributed by atoms with Gasteiger partial charge in [0.1, 0.15) is 5.75 Å². The van der Waals surface area contributed by atoms with Gasteiger partial charge < -0.3 is 15.4 Å². The Kier molecular flexibility index (Phi) is 6.02. The molecule has 1 aromatic rings. The monoisotopic (exact) mass is 291 g/mol. The highest BCUT2D eigenvalue weighted by Crippen LogP contribution is 2.20. The van der Waals surface area contributed by atoms with Crippen LogP contribution in [-0.2, 0) is 4.79 Å². The molecule has 0 saturated carbocycles. The summed E-state index contributed by atoms with van der Waals surface area (Å²) in [6, 6.07) is 7.95. The van der Waals surface area contributed by atoms with E-state index in [0.717, 1.165) is 43.9 Å². The van der Waals surface area contributed by atoms with Crippen LogP contribution in [0.1, 0.15) is 24.9 Å². The lowest BCUT2D eigenvalue weighted by Gasteiger charge is -2.27. The van der Waals surface area contributed by atoms with Crippen molar-refractivity contribution in [3.63, 3.8) is 0 Å². The lowest BCUT2D eigenvalue weighted by atomic mass is 10.0. The first-order valence-corrected chi connectivity index (χ1v) is 7.59. The maximum atomic E-state index is 12.2. The second-order valence-electron chi connectivity index (χ2n) is 5.33. The number of hydrogen-bond acceptors (Lipinski definition) is 4. The topological polar surface area (TPSA) is 53.6 Å². The normalized spacial score (nSPS) is 17.2.